The van der Waals surface area contributed by atoms with E-state index in [1.807, 2.05) is 86.6 Å². The Morgan fingerprint density at radius 3 is 1.71 bits per heavy atom. The second-order valence-corrected chi connectivity index (χ2v) is 15.9. The maximum atomic E-state index is 12.5. The molecule has 2 heterocycles. The van der Waals surface area contributed by atoms with Crippen LogP contribution in [0.3, 0.4) is 0 Å². The Morgan fingerprint density at radius 2 is 1.25 bits per heavy atom. The summed E-state index contributed by atoms with van der Waals surface area (Å²) < 4.78 is 10.5. The number of benzene rings is 4. The van der Waals surface area contributed by atoms with Gasteiger partial charge >= 0.3 is 19.0 Å². The van der Waals surface area contributed by atoms with Crippen LogP contribution in [0.4, 0.5) is 0 Å². The third kappa shape index (κ3) is 9.64. The predicted molar refractivity (Wildman–Crippen MR) is 217 cm³/mol. The van der Waals surface area contributed by atoms with E-state index in [-0.39, 0.29) is 23.8 Å². The van der Waals surface area contributed by atoms with Crippen molar-refractivity contribution in [1.82, 2.24) is 10.0 Å². The molecule has 1 amide bonds. The van der Waals surface area contributed by atoms with E-state index in [9.17, 15) is 24.2 Å². The Kier molecular flexibility index (Phi) is 12.9. The molecule has 2 fully saturated rings. The maximum absolute atomic E-state index is 12.5. The molecule has 2 atom stereocenters. The second kappa shape index (κ2) is 17.2. The molecule has 55 heavy (non-hydrogen) atoms. The lowest BCUT2D eigenvalue weighted by Gasteiger charge is -2.39. The molecule has 285 valence electrons. The van der Waals surface area contributed by atoms with Gasteiger partial charge in [0.1, 0.15) is 0 Å². The second-order valence-electron chi connectivity index (χ2n) is 15.9. The first-order valence-corrected chi connectivity index (χ1v) is 18.8. The minimum absolute atomic E-state index is 0.0209. The molecule has 6 rings (SSSR count). The van der Waals surface area contributed by atoms with Crippen molar-refractivity contribution in [3.63, 3.8) is 0 Å². The predicted octanol–water partition coefficient (Wildman–Crippen LogP) is 6.97. The molecule has 0 unspecified atom stereocenters. The van der Waals surface area contributed by atoms with Crippen LogP contribution >= 0.6 is 0 Å². The average Bonchev–Trinajstić information content (AvgIpc) is 3.57. The normalized spacial score (nSPS) is 17.7. The highest BCUT2D eigenvalue weighted by Gasteiger charge is 2.47. The molecule has 4 aromatic rings. The summed E-state index contributed by atoms with van der Waals surface area (Å²) in [6.07, 6.45) is 2.08. The van der Waals surface area contributed by atoms with Crippen LogP contribution in [0.25, 0.3) is 22.3 Å². The lowest BCUT2D eigenvalue weighted by Crippen LogP contribution is -2.53. The fraction of sp³-hybridized carbons (Fsp3) is 0.364. The summed E-state index contributed by atoms with van der Waals surface area (Å²) >= 11 is 0. The number of esters is 2. The molecule has 2 aliphatic heterocycles. The van der Waals surface area contributed by atoms with E-state index in [1.54, 1.807) is 11.6 Å². The van der Waals surface area contributed by atoms with Crippen molar-refractivity contribution in [3.8, 4) is 22.3 Å². The third-order valence-electron chi connectivity index (χ3n) is 10.9. The first kappa shape index (κ1) is 41.2. The van der Waals surface area contributed by atoms with Crippen molar-refractivity contribution < 1.29 is 33.7 Å². The van der Waals surface area contributed by atoms with Crippen LogP contribution in [-0.4, -0.2) is 66.2 Å². The van der Waals surface area contributed by atoms with Crippen molar-refractivity contribution in [2.45, 2.75) is 96.3 Å². The van der Waals surface area contributed by atoms with Gasteiger partial charge in [-0.2, -0.15) is 0 Å². The van der Waals surface area contributed by atoms with Gasteiger partial charge in [-0.15, -0.1) is 0 Å². The Labute approximate surface area is 326 Å². The van der Waals surface area contributed by atoms with E-state index in [0.29, 0.717) is 12.6 Å². The van der Waals surface area contributed by atoms with Crippen LogP contribution in [0.15, 0.2) is 109 Å². The molecule has 0 spiro atoms. The summed E-state index contributed by atoms with van der Waals surface area (Å²) in [6.45, 7) is 13.0. The van der Waals surface area contributed by atoms with Gasteiger partial charge < -0.3 is 29.3 Å². The number of nitrogens with zero attached hydrogens (tertiary/aromatic N) is 1. The van der Waals surface area contributed by atoms with Crippen molar-refractivity contribution in [3.05, 3.63) is 120 Å². The third-order valence-corrected chi connectivity index (χ3v) is 10.9. The molecule has 4 aromatic carbocycles. The zero-order chi connectivity index (χ0) is 40.0. The van der Waals surface area contributed by atoms with Gasteiger partial charge in [-0.05, 0) is 53.0 Å². The minimum atomic E-state index is -1.27. The number of carbonyl (C=O) groups is 4. The summed E-state index contributed by atoms with van der Waals surface area (Å²) in [5.41, 5.74) is 6.06. The SMILES string of the molecule is CB(O)N1C(=O)CC[C@H]1C(C)(C)c1ccc(-c2ccccc2)cc1.CC1(C)OC(=O)C(C[C@H](N[B]C=O)C(C)(C)c2ccc(-c3ccccc3)cc2)C(=O)O1. The number of carbonyl (C=O) groups excluding carboxylic acids is 4. The smallest absolute Gasteiger partial charge is 0.412 e. The molecule has 0 saturated carbocycles. The first-order chi connectivity index (χ1) is 26.0. The van der Waals surface area contributed by atoms with Gasteiger partial charge in [-0.25, -0.2) is 0 Å². The summed E-state index contributed by atoms with van der Waals surface area (Å²) in [6, 6.07) is 36.7. The number of ether oxygens (including phenoxy) is 2. The van der Waals surface area contributed by atoms with Crippen LogP contribution in [-0.2, 0) is 39.5 Å². The van der Waals surface area contributed by atoms with E-state index < -0.39 is 42.2 Å². The highest BCUT2D eigenvalue weighted by Crippen LogP contribution is 2.38. The largest absolute Gasteiger partial charge is 0.432 e. The van der Waals surface area contributed by atoms with Gasteiger partial charge in [-0.3, -0.25) is 14.4 Å². The van der Waals surface area contributed by atoms with E-state index in [4.69, 9.17) is 9.47 Å². The van der Waals surface area contributed by atoms with Crippen molar-refractivity contribution in [1.29, 1.82) is 0 Å². The highest BCUT2D eigenvalue weighted by atomic mass is 16.7. The van der Waals surface area contributed by atoms with Crippen molar-refractivity contribution in [2.75, 3.05) is 0 Å². The molecule has 11 heteroatoms. The Balaban J connectivity index is 0.000000218. The fourth-order valence-electron chi connectivity index (χ4n) is 7.62. The molecule has 2 N–H and O–H groups in total. The standard InChI is InChI=1S/C24H27BNO5.C20H24BNO2/c1-23(2,18-12-10-17(11-13-18)16-8-6-5-7-9-16)20(26-25-15-27)14-19-21(28)30-24(3,4)31-22(19)29;1-20(2,18-13-14-19(23)22(18)21(3)24)17-11-9-16(10-12-17)15-7-5-4-6-8-15/h5-13,15,19-20,26H,14H2,1-4H3;4-12,18,24H,13-14H2,1-3H3/t20-;18-/m00/s1. The van der Waals surface area contributed by atoms with Crippen molar-refractivity contribution >= 4 is 38.5 Å². The van der Waals surface area contributed by atoms with Crippen LogP contribution < -0.4 is 5.23 Å². The maximum Gasteiger partial charge on any atom is 0.412 e. The molecule has 2 aliphatic rings. The van der Waals surface area contributed by atoms with Gasteiger partial charge in [0.2, 0.25) is 5.91 Å². The number of rotatable bonds is 12. The van der Waals surface area contributed by atoms with Crippen LogP contribution in [0.2, 0.25) is 6.82 Å². The molecule has 1 radical (unpaired) electrons. The molecular formula is C44H51B2N2O7. The van der Waals surface area contributed by atoms with Crippen molar-refractivity contribution in [2.24, 2.45) is 5.92 Å². The first-order valence-electron chi connectivity index (χ1n) is 18.8. The van der Waals surface area contributed by atoms with Crippen LogP contribution in [0, 0.1) is 5.92 Å². The van der Waals surface area contributed by atoms with Crippen LogP contribution in [0.1, 0.15) is 71.9 Å². The van der Waals surface area contributed by atoms with Gasteiger partial charge in [0.15, 0.2) is 5.92 Å². The molecular weight excluding hydrogens is 690 g/mol. The van der Waals surface area contributed by atoms with Gasteiger partial charge in [0.05, 0.1) is 6.19 Å². The van der Waals surface area contributed by atoms with Crippen LogP contribution in [0.5, 0.6) is 0 Å². The molecule has 0 bridgehead atoms. The number of hydrogen-bond acceptors (Lipinski definition) is 8. The van der Waals surface area contributed by atoms with Gasteiger partial charge in [-0.1, -0.05) is 137 Å². The van der Waals surface area contributed by atoms with Gasteiger partial charge in [0, 0.05) is 43.2 Å². The molecule has 9 nitrogen and oxygen atoms in total. The van der Waals surface area contributed by atoms with E-state index in [2.05, 4.69) is 55.5 Å². The summed E-state index contributed by atoms with van der Waals surface area (Å²) in [7, 11) is 0.543. The van der Waals surface area contributed by atoms with Gasteiger partial charge in [0.25, 0.3) is 13.2 Å². The quantitative estimate of drug-likeness (QED) is 0.0691. The van der Waals surface area contributed by atoms with E-state index in [0.717, 1.165) is 23.1 Å². The van der Waals surface area contributed by atoms with E-state index in [1.165, 1.54) is 38.0 Å². The fourth-order valence-corrected chi connectivity index (χ4v) is 7.62. The van der Waals surface area contributed by atoms with E-state index >= 15 is 0 Å². The number of nitrogens with one attached hydrogen (secondary N) is 1. The summed E-state index contributed by atoms with van der Waals surface area (Å²) in [5, 5.41) is 13.1. The molecule has 0 aliphatic carbocycles. The lowest BCUT2D eigenvalue weighted by atomic mass is 9.72. The summed E-state index contributed by atoms with van der Waals surface area (Å²) in [5.74, 6) is -3.52. The Bertz CT molecular complexity index is 1910. The Hall–Kier alpha value is -4.99. The number of amides is 1. The number of hydrogen-bond donors (Lipinski definition) is 2. The highest BCUT2D eigenvalue weighted by molar-refractivity contribution is 6.64. The molecule has 2 saturated heterocycles. The zero-order valence-electron chi connectivity index (χ0n) is 32.8. The monoisotopic (exact) mass is 741 g/mol. The minimum Gasteiger partial charge on any atom is -0.432 e. The summed E-state index contributed by atoms with van der Waals surface area (Å²) in [4.78, 5) is 49.7. The molecule has 0 aromatic heterocycles. The lowest BCUT2D eigenvalue weighted by molar-refractivity contribution is -0.240. The zero-order valence-corrected chi connectivity index (χ0v) is 32.8. The number of cyclic esters (lactones) is 2. The average molecular weight is 742 g/mol. The Morgan fingerprint density at radius 1 is 0.800 bits per heavy atom. The topological polar surface area (TPSA) is 122 Å².